The van der Waals surface area contributed by atoms with E-state index in [1.807, 2.05) is 0 Å². The molecule has 2 aliphatic rings. The summed E-state index contributed by atoms with van der Waals surface area (Å²) in [5, 5.41) is 6.92. The van der Waals surface area contributed by atoms with Crippen molar-refractivity contribution in [3.63, 3.8) is 0 Å². The SMILES string of the molecule is CCNc1nc(C2CC2)nc(NC(C)C2CCCO2)c1C. The van der Waals surface area contributed by atoms with E-state index < -0.39 is 0 Å². The van der Waals surface area contributed by atoms with Gasteiger partial charge in [0.2, 0.25) is 0 Å². The maximum atomic E-state index is 5.77. The topological polar surface area (TPSA) is 59.1 Å². The molecule has 0 aromatic carbocycles. The summed E-state index contributed by atoms with van der Waals surface area (Å²) < 4.78 is 5.77. The van der Waals surface area contributed by atoms with E-state index in [9.17, 15) is 0 Å². The van der Waals surface area contributed by atoms with Crippen molar-refractivity contribution in [1.29, 1.82) is 0 Å². The van der Waals surface area contributed by atoms with Crippen LogP contribution in [0.1, 0.15) is 56.8 Å². The molecule has 1 saturated carbocycles. The molecule has 116 valence electrons. The maximum absolute atomic E-state index is 5.77. The molecule has 2 unspecified atom stereocenters. The third-order valence-corrected chi connectivity index (χ3v) is 4.34. The molecule has 1 aromatic heterocycles. The Labute approximate surface area is 126 Å². The molecule has 5 heteroatoms. The molecule has 1 saturated heterocycles. The predicted octanol–water partition coefficient (Wildman–Crippen LogP) is 3.07. The van der Waals surface area contributed by atoms with Crippen molar-refractivity contribution >= 4 is 11.6 Å². The molecule has 1 aliphatic heterocycles. The number of aromatic nitrogens is 2. The van der Waals surface area contributed by atoms with Crippen LogP contribution >= 0.6 is 0 Å². The van der Waals surface area contributed by atoms with Crippen molar-refractivity contribution in [3.8, 4) is 0 Å². The second-order valence-electron chi connectivity index (χ2n) is 6.19. The summed E-state index contributed by atoms with van der Waals surface area (Å²) in [7, 11) is 0. The van der Waals surface area contributed by atoms with E-state index in [0.29, 0.717) is 12.0 Å². The fourth-order valence-electron chi connectivity index (χ4n) is 2.84. The number of anilines is 2. The molecule has 2 heterocycles. The Kier molecular flexibility index (Phi) is 4.29. The van der Waals surface area contributed by atoms with Crippen molar-refractivity contribution in [2.45, 2.75) is 64.5 Å². The lowest BCUT2D eigenvalue weighted by molar-refractivity contribution is 0.0995. The molecular formula is C16H26N4O. The van der Waals surface area contributed by atoms with Gasteiger partial charge >= 0.3 is 0 Å². The van der Waals surface area contributed by atoms with Crippen LogP contribution in [0.5, 0.6) is 0 Å². The van der Waals surface area contributed by atoms with Crippen LogP contribution in [0.2, 0.25) is 0 Å². The van der Waals surface area contributed by atoms with Crippen molar-refractivity contribution in [2.24, 2.45) is 0 Å². The first-order valence-electron chi connectivity index (χ1n) is 8.19. The van der Waals surface area contributed by atoms with Crippen LogP contribution in [-0.2, 0) is 4.74 Å². The van der Waals surface area contributed by atoms with Gasteiger partial charge in [0, 0.05) is 24.6 Å². The second kappa shape index (κ2) is 6.18. The average molecular weight is 290 g/mol. The molecule has 0 spiro atoms. The van der Waals surface area contributed by atoms with E-state index >= 15 is 0 Å². The fourth-order valence-corrected chi connectivity index (χ4v) is 2.84. The zero-order chi connectivity index (χ0) is 14.8. The van der Waals surface area contributed by atoms with Crippen LogP contribution in [0.3, 0.4) is 0 Å². The quantitative estimate of drug-likeness (QED) is 0.843. The number of nitrogens with one attached hydrogen (secondary N) is 2. The summed E-state index contributed by atoms with van der Waals surface area (Å²) >= 11 is 0. The molecule has 1 aliphatic carbocycles. The molecule has 0 bridgehead atoms. The number of hydrogen-bond acceptors (Lipinski definition) is 5. The lowest BCUT2D eigenvalue weighted by Gasteiger charge is -2.22. The molecule has 0 radical (unpaired) electrons. The van der Waals surface area contributed by atoms with E-state index in [2.05, 4.69) is 31.4 Å². The number of hydrogen-bond donors (Lipinski definition) is 2. The van der Waals surface area contributed by atoms with Crippen molar-refractivity contribution < 1.29 is 4.74 Å². The lowest BCUT2D eigenvalue weighted by atomic mass is 10.1. The van der Waals surface area contributed by atoms with Gasteiger partial charge in [-0.3, -0.25) is 0 Å². The van der Waals surface area contributed by atoms with Crippen molar-refractivity contribution in [1.82, 2.24) is 9.97 Å². The van der Waals surface area contributed by atoms with E-state index in [0.717, 1.165) is 49.0 Å². The minimum absolute atomic E-state index is 0.280. The minimum Gasteiger partial charge on any atom is -0.376 e. The Morgan fingerprint density at radius 2 is 2.00 bits per heavy atom. The number of nitrogens with zero attached hydrogens (tertiary/aromatic N) is 2. The zero-order valence-electron chi connectivity index (χ0n) is 13.3. The van der Waals surface area contributed by atoms with Gasteiger partial charge in [0.1, 0.15) is 17.5 Å². The Balaban J connectivity index is 1.81. The first-order chi connectivity index (χ1) is 10.2. The first-order valence-corrected chi connectivity index (χ1v) is 8.19. The van der Waals surface area contributed by atoms with Crippen molar-refractivity contribution in [2.75, 3.05) is 23.8 Å². The first kappa shape index (κ1) is 14.6. The highest BCUT2D eigenvalue weighted by Gasteiger charge is 2.29. The predicted molar refractivity (Wildman–Crippen MR) is 85.0 cm³/mol. The van der Waals surface area contributed by atoms with Gasteiger partial charge in [0.15, 0.2) is 0 Å². The highest BCUT2D eigenvalue weighted by atomic mass is 16.5. The summed E-state index contributed by atoms with van der Waals surface area (Å²) in [6, 6.07) is 0.280. The number of rotatable bonds is 6. The highest BCUT2D eigenvalue weighted by molar-refractivity contribution is 5.58. The molecule has 0 amide bonds. The largest absolute Gasteiger partial charge is 0.376 e. The monoisotopic (exact) mass is 290 g/mol. The zero-order valence-corrected chi connectivity index (χ0v) is 13.3. The van der Waals surface area contributed by atoms with E-state index in [1.54, 1.807) is 0 Å². The summed E-state index contributed by atoms with van der Waals surface area (Å²) in [4.78, 5) is 9.47. The second-order valence-corrected chi connectivity index (χ2v) is 6.19. The van der Waals surface area contributed by atoms with Gasteiger partial charge in [-0.05, 0) is 46.5 Å². The normalized spacial score (nSPS) is 23.1. The molecule has 1 aromatic rings. The third-order valence-electron chi connectivity index (χ3n) is 4.34. The third kappa shape index (κ3) is 3.28. The average Bonchev–Trinajstić information content (AvgIpc) is 3.17. The molecule has 2 N–H and O–H groups in total. The van der Waals surface area contributed by atoms with E-state index in [4.69, 9.17) is 14.7 Å². The maximum Gasteiger partial charge on any atom is 0.136 e. The van der Waals surface area contributed by atoms with Gasteiger partial charge in [0.25, 0.3) is 0 Å². The van der Waals surface area contributed by atoms with Crippen LogP contribution in [0.15, 0.2) is 0 Å². The Bertz CT molecular complexity index is 495. The van der Waals surface area contributed by atoms with E-state index in [-0.39, 0.29) is 6.04 Å². The van der Waals surface area contributed by atoms with Gasteiger partial charge in [-0.1, -0.05) is 0 Å². The smallest absolute Gasteiger partial charge is 0.136 e. The van der Waals surface area contributed by atoms with Gasteiger partial charge < -0.3 is 15.4 Å². The van der Waals surface area contributed by atoms with Gasteiger partial charge in [-0.15, -0.1) is 0 Å². The van der Waals surface area contributed by atoms with Crippen molar-refractivity contribution in [3.05, 3.63) is 11.4 Å². The molecule has 2 fully saturated rings. The fraction of sp³-hybridized carbons (Fsp3) is 0.750. The highest BCUT2D eigenvalue weighted by Crippen LogP contribution is 2.39. The summed E-state index contributed by atoms with van der Waals surface area (Å²) in [6.07, 6.45) is 5.03. The van der Waals surface area contributed by atoms with Crippen LogP contribution in [0.4, 0.5) is 11.6 Å². The Hall–Kier alpha value is -1.36. The number of ether oxygens (including phenoxy) is 1. The molecule has 3 rings (SSSR count). The van der Waals surface area contributed by atoms with Gasteiger partial charge in [0.05, 0.1) is 12.1 Å². The van der Waals surface area contributed by atoms with Crippen LogP contribution in [0.25, 0.3) is 0 Å². The van der Waals surface area contributed by atoms with Gasteiger partial charge in [-0.25, -0.2) is 9.97 Å². The summed E-state index contributed by atoms with van der Waals surface area (Å²) in [5.74, 6) is 3.47. The summed E-state index contributed by atoms with van der Waals surface area (Å²) in [6.45, 7) is 8.12. The van der Waals surface area contributed by atoms with Crippen LogP contribution < -0.4 is 10.6 Å². The Morgan fingerprint density at radius 1 is 1.24 bits per heavy atom. The summed E-state index contributed by atoms with van der Waals surface area (Å²) in [5.41, 5.74) is 1.10. The Morgan fingerprint density at radius 3 is 2.62 bits per heavy atom. The molecule has 21 heavy (non-hydrogen) atoms. The lowest BCUT2D eigenvalue weighted by Crippen LogP contribution is -2.31. The van der Waals surface area contributed by atoms with Gasteiger partial charge in [-0.2, -0.15) is 0 Å². The minimum atomic E-state index is 0.280. The van der Waals surface area contributed by atoms with Crippen LogP contribution in [0, 0.1) is 6.92 Å². The molecule has 5 nitrogen and oxygen atoms in total. The standard InChI is InChI=1S/C16H26N4O/c1-4-17-14-10(2)15(20-16(19-14)12-7-8-12)18-11(3)13-6-5-9-21-13/h11-13H,4-9H2,1-3H3,(H2,17,18,19,20). The van der Waals surface area contributed by atoms with Crippen LogP contribution in [-0.4, -0.2) is 35.3 Å². The van der Waals surface area contributed by atoms with E-state index in [1.165, 1.54) is 12.8 Å². The molecular weight excluding hydrogens is 264 g/mol. The molecule has 2 atom stereocenters.